The predicted molar refractivity (Wildman–Crippen MR) is 141 cm³/mol. The van der Waals surface area contributed by atoms with E-state index in [9.17, 15) is 9.59 Å². The number of para-hydroxylation sites is 1. The number of hydrogen-bond donors (Lipinski definition) is 0. The van der Waals surface area contributed by atoms with Crippen molar-refractivity contribution < 1.29 is 4.79 Å². The smallest absolute Gasteiger partial charge is 0.264 e. The first-order valence-electron chi connectivity index (χ1n) is 12.9. The average Bonchev–Trinajstić information content (AvgIpc) is 2.87. The van der Waals surface area contributed by atoms with E-state index in [0.29, 0.717) is 36.7 Å². The van der Waals surface area contributed by atoms with Gasteiger partial charge in [-0.15, -0.1) is 0 Å². The van der Waals surface area contributed by atoms with Crippen LogP contribution in [0.25, 0.3) is 5.69 Å². The molecule has 0 saturated heterocycles. The molecule has 6 heteroatoms. The Morgan fingerprint density at radius 1 is 0.971 bits per heavy atom. The summed E-state index contributed by atoms with van der Waals surface area (Å²) < 4.78 is 1.76. The Bertz CT molecular complexity index is 1210. The Balaban J connectivity index is 1.25. The maximum Gasteiger partial charge on any atom is 0.264 e. The third kappa shape index (κ3) is 5.69. The van der Waals surface area contributed by atoms with Gasteiger partial charge in [-0.25, -0.2) is 4.98 Å². The standard InChI is InChI=1S/C29H33N3O2S/c33-27(18-9-2-6-13-22-11-4-1-5-12-22)31-20-19-26-25(21-31)28(34)32(23-14-7-3-8-15-23)29(30-26)35-24-16-10-17-24/h1,3-5,7-8,11-12,14-15,24H,2,6,9-10,13,16-21H2. The lowest BCUT2D eigenvalue weighted by atomic mass is 10.0. The van der Waals surface area contributed by atoms with Crippen molar-refractivity contribution in [3.63, 3.8) is 0 Å². The summed E-state index contributed by atoms with van der Waals surface area (Å²) in [5, 5.41) is 1.33. The quantitative estimate of drug-likeness (QED) is 0.293. The van der Waals surface area contributed by atoms with Crippen molar-refractivity contribution in [1.29, 1.82) is 0 Å². The van der Waals surface area contributed by atoms with Gasteiger partial charge < -0.3 is 4.90 Å². The number of aryl methyl sites for hydroxylation is 1. The molecule has 1 fully saturated rings. The van der Waals surface area contributed by atoms with Crippen molar-refractivity contribution in [3.05, 3.63) is 87.8 Å². The summed E-state index contributed by atoms with van der Waals surface area (Å²) >= 11 is 1.73. The molecule has 5 rings (SSSR count). The van der Waals surface area contributed by atoms with Crippen molar-refractivity contribution in [2.24, 2.45) is 0 Å². The van der Waals surface area contributed by atoms with Crippen LogP contribution < -0.4 is 5.56 Å². The second kappa shape index (κ2) is 11.3. The van der Waals surface area contributed by atoms with Crippen LogP contribution in [0.1, 0.15) is 61.8 Å². The second-order valence-electron chi connectivity index (χ2n) is 9.58. The van der Waals surface area contributed by atoms with Crippen LogP contribution in [0.4, 0.5) is 0 Å². The third-order valence-electron chi connectivity index (χ3n) is 7.09. The molecule has 1 aliphatic heterocycles. The molecule has 1 amide bonds. The average molecular weight is 488 g/mol. The topological polar surface area (TPSA) is 55.2 Å². The van der Waals surface area contributed by atoms with E-state index in [4.69, 9.17) is 4.98 Å². The van der Waals surface area contributed by atoms with E-state index in [0.717, 1.165) is 42.2 Å². The maximum atomic E-state index is 13.7. The predicted octanol–water partition coefficient (Wildman–Crippen LogP) is 5.56. The van der Waals surface area contributed by atoms with Crippen molar-refractivity contribution in [1.82, 2.24) is 14.5 Å². The molecule has 0 bridgehead atoms. The molecule has 0 spiro atoms. The Kier molecular flexibility index (Phi) is 7.67. The molecule has 3 aromatic rings. The van der Waals surface area contributed by atoms with Crippen LogP contribution in [0.15, 0.2) is 70.6 Å². The Labute approximate surface area is 211 Å². The lowest BCUT2D eigenvalue weighted by Gasteiger charge is -2.30. The van der Waals surface area contributed by atoms with E-state index >= 15 is 0 Å². The van der Waals surface area contributed by atoms with Crippen molar-refractivity contribution in [2.45, 2.75) is 74.7 Å². The zero-order valence-electron chi connectivity index (χ0n) is 20.2. The van der Waals surface area contributed by atoms with Gasteiger partial charge in [0.15, 0.2) is 5.16 Å². The number of hydrogen-bond acceptors (Lipinski definition) is 4. The highest BCUT2D eigenvalue weighted by Gasteiger charge is 2.28. The molecule has 0 radical (unpaired) electrons. The van der Waals surface area contributed by atoms with E-state index < -0.39 is 0 Å². The Morgan fingerprint density at radius 3 is 2.43 bits per heavy atom. The van der Waals surface area contributed by atoms with Crippen LogP contribution in [0.2, 0.25) is 0 Å². The number of rotatable bonds is 9. The van der Waals surface area contributed by atoms with Gasteiger partial charge in [-0.05, 0) is 49.8 Å². The highest BCUT2D eigenvalue weighted by atomic mass is 32.2. The second-order valence-corrected chi connectivity index (χ2v) is 10.8. The van der Waals surface area contributed by atoms with Gasteiger partial charge in [0.05, 0.1) is 23.5 Å². The minimum atomic E-state index is -0.0246. The lowest BCUT2D eigenvalue weighted by molar-refractivity contribution is -0.132. The molecule has 2 aromatic carbocycles. The van der Waals surface area contributed by atoms with Gasteiger partial charge in [-0.3, -0.25) is 14.2 Å². The van der Waals surface area contributed by atoms with Crippen LogP contribution in [0.5, 0.6) is 0 Å². The van der Waals surface area contributed by atoms with E-state index in [-0.39, 0.29) is 11.5 Å². The molecule has 2 aliphatic rings. The van der Waals surface area contributed by atoms with Crippen LogP contribution in [-0.4, -0.2) is 32.2 Å². The van der Waals surface area contributed by atoms with Crippen LogP contribution in [-0.2, 0) is 24.2 Å². The number of carbonyl (C=O) groups excluding carboxylic acids is 1. The van der Waals surface area contributed by atoms with Crippen molar-refractivity contribution >= 4 is 17.7 Å². The van der Waals surface area contributed by atoms with E-state index in [1.54, 1.807) is 16.3 Å². The summed E-state index contributed by atoms with van der Waals surface area (Å²) in [6.07, 6.45) is 8.87. The van der Waals surface area contributed by atoms with Crippen molar-refractivity contribution in [3.8, 4) is 5.69 Å². The Morgan fingerprint density at radius 2 is 1.71 bits per heavy atom. The van der Waals surface area contributed by atoms with Gasteiger partial charge in [-0.1, -0.05) is 73.1 Å². The molecule has 2 heterocycles. The molecule has 1 aliphatic carbocycles. The van der Waals surface area contributed by atoms with Gasteiger partial charge in [0.25, 0.3) is 5.56 Å². The molecule has 35 heavy (non-hydrogen) atoms. The number of amides is 1. The van der Waals surface area contributed by atoms with Crippen LogP contribution in [0.3, 0.4) is 0 Å². The normalized spacial score (nSPS) is 15.5. The number of fused-ring (bicyclic) bond motifs is 1. The summed E-state index contributed by atoms with van der Waals surface area (Å²) in [6, 6.07) is 20.3. The number of unbranched alkanes of at least 4 members (excludes halogenated alkanes) is 2. The van der Waals surface area contributed by atoms with Gasteiger partial charge >= 0.3 is 0 Å². The molecule has 0 atom stereocenters. The first-order valence-corrected chi connectivity index (χ1v) is 13.8. The van der Waals surface area contributed by atoms with Gasteiger partial charge in [0, 0.05) is 24.6 Å². The Hall–Kier alpha value is -2.86. The molecule has 0 unspecified atom stereocenters. The molecular formula is C29H33N3O2S. The molecule has 1 aromatic heterocycles. The monoisotopic (exact) mass is 487 g/mol. The summed E-state index contributed by atoms with van der Waals surface area (Å²) in [5.74, 6) is 0.147. The first kappa shape index (κ1) is 23.9. The largest absolute Gasteiger partial charge is 0.338 e. The molecule has 5 nitrogen and oxygen atoms in total. The van der Waals surface area contributed by atoms with Gasteiger partial charge in [0.2, 0.25) is 5.91 Å². The molecule has 1 saturated carbocycles. The van der Waals surface area contributed by atoms with Gasteiger partial charge in [-0.2, -0.15) is 0 Å². The maximum absolute atomic E-state index is 13.7. The van der Waals surface area contributed by atoms with Crippen LogP contribution in [0, 0.1) is 0 Å². The minimum Gasteiger partial charge on any atom is -0.338 e. The van der Waals surface area contributed by atoms with E-state index in [2.05, 4.69) is 24.3 Å². The number of aromatic nitrogens is 2. The zero-order valence-corrected chi connectivity index (χ0v) is 21.0. The fraction of sp³-hybridized carbons (Fsp3) is 0.414. The highest BCUT2D eigenvalue weighted by Crippen LogP contribution is 2.36. The lowest BCUT2D eigenvalue weighted by Crippen LogP contribution is -2.41. The fourth-order valence-corrected chi connectivity index (χ4v) is 6.10. The fourth-order valence-electron chi connectivity index (χ4n) is 4.77. The number of nitrogens with zero attached hydrogens (tertiary/aromatic N) is 3. The number of carbonyl (C=O) groups is 1. The molecule has 182 valence electrons. The molecule has 0 N–H and O–H groups in total. The van der Waals surface area contributed by atoms with Crippen LogP contribution >= 0.6 is 11.8 Å². The van der Waals surface area contributed by atoms with Crippen molar-refractivity contribution in [2.75, 3.05) is 6.54 Å². The minimum absolute atomic E-state index is 0.0246. The summed E-state index contributed by atoms with van der Waals surface area (Å²) in [6.45, 7) is 1.01. The number of thioether (sulfide) groups is 1. The van der Waals surface area contributed by atoms with Gasteiger partial charge in [0.1, 0.15) is 0 Å². The summed E-state index contributed by atoms with van der Waals surface area (Å²) in [5.41, 5.74) is 3.72. The molecular weight excluding hydrogens is 454 g/mol. The highest BCUT2D eigenvalue weighted by molar-refractivity contribution is 7.99. The van der Waals surface area contributed by atoms with E-state index in [1.165, 1.54) is 24.8 Å². The third-order valence-corrected chi connectivity index (χ3v) is 8.38. The van der Waals surface area contributed by atoms with E-state index in [1.807, 2.05) is 41.3 Å². The SMILES string of the molecule is O=C(CCCCCc1ccccc1)N1CCc2nc(SC3CCC3)n(-c3ccccc3)c(=O)c2C1. The summed E-state index contributed by atoms with van der Waals surface area (Å²) in [7, 11) is 0. The number of benzene rings is 2. The zero-order chi connectivity index (χ0) is 24.0. The summed E-state index contributed by atoms with van der Waals surface area (Å²) in [4.78, 5) is 33.5. The first-order chi connectivity index (χ1) is 17.2.